The number of nitrogens with two attached hydrogens (primary N) is 1. The van der Waals surface area contributed by atoms with E-state index in [2.05, 4.69) is 4.57 Å². The van der Waals surface area contributed by atoms with E-state index in [1.165, 1.54) is 0 Å². The van der Waals surface area contributed by atoms with E-state index >= 15 is 0 Å². The Bertz CT molecular complexity index is 571. The Hall–Kier alpha value is -1.59. The van der Waals surface area contributed by atoms with Gasteiger partial charge in [-0.15, -0.1) is 0 Å². The van der Waals surface area contributed by atoms with Crippen LogP contribution in [0.5, 0.6) is 0 Å². The van der Waals surface area contributed by atoms with Crippen molar-refractivity contribution < 1.29 is 8.42 Å². The van der Waals surface area contributed by atoms with E-state index in [-0.39, 0.29) is 4.90 Å². The smallest absolute Gasteiger partial charge is 0.238 e. The maximum absolute atomic E-state index is 11.1. The minimum atomic E-state index is -3.58. The van der Waals surface area contributed by atoms with E-state index in [4.69, 9.17) is 5.14 Å². The second-order valence-electron chi connectivity index (χ2n) is 3.86. The van der Waals surface area contributed by atoms with Crippen molar-refractivity contribution in [3.05, 3.63) is 54.4 Å². The van der Waals surface area contributed by atoms with Gasteiger partial charge in [0.1, 0.15) is 0 Å². The van der Waals surface area contributed by atoms with Crippen molar-refractivity contribution in [2.24, 2.45) is 5.14 Å². The molecule has 17 heavy (non-hydrogen) atoms. The molecule has 0 amide bonds. The van der Waals surface area contributed by atoms with Gasteiger partial charge in [0.25, 0.3) is 0 Å². The van der Waals surface area contributed by atoms with Gasteiger partial charge in [-0.25, -0.2) is 13.6 Å². The molecule has 1 aromatic heterocycles. The van der Waals surface area contributed by atoms with E-state index in [1.807, 2.05) is 24.5 Å². The Balaban J connectivity index is 2.04. The van der Waals surface area contributed by atoms with Gasteiger partial charge in [0.2, 0.25) is 10.0 Å². The van der Waals surface area contributed by atoms with Crippen LogP contribution in [0.2, 0.25) is 0 Å². The molecule has 0 atom stereocenters. The predicted molar refractivity (Wildman–Crippen MR) is 66.0 cm³/mol. The van der Waals surface area contributed by atoms with Crippen molar-refractivity contribution in [1.29, 1.82) is 0 Å². The minimum absolute atomic E-state index is 0.155. The molecule has 5 heteroatoms. The molecule has 0 aliphatic carbocycles. The summed E-state index contributed by atoms with van der Waals surface area (Å²) in [6.45, 7) is 0.877. The molecule has 0 aliphatic heterocycles. The summed E-state index contributed by atoms with van der Waals surface area (Å²) < 4.78 is 24.2. The summed E-state index contributed by atoms with van der Waals surface area (Å²) in [6.07, 6.45) is 4.86. The van der Waals surface area contributed by atoms with Crippen LogP contribution >= 0.6 is 0 Å². The minimum Gasteiger partial charge on any atom is -0.354 e. The molecule has 0 fully saturated rings. The molecule has 0 saturated heterocycles. The summed E-state index contributed by atoms with van der Waals surface area (Å²) in [6, 6.07) is 10.6. The Morgan fingerprint density at radius 3 is 2.18 bits per heavy atom. The van der Waals surface area contributed by atoms with Crippen LogP contribution in [0.3, 0.4) is 0 Å². The third-order valence-electron chi connectivity index (χ3n) is 2.58. The van der Waals surface area contributed by atoms with Gasteiger partial charge in [-0.1, -0.05) is 12.1 Å². The largest absolute Gasteiger partial charge is 0.354 e. The van der Waals surface area contributed by atoms with Crippen LogP contribution in [0.4, 0.5) is 0 Å². The van der Waals surface area contributed by atoms with Gasteiger partial charge in [-0.3, -0.25) is 0 Å². The van der Waals surface area contributed by atoms with Gasteiger partial charge < -0.3 is 4.57 Å². The molecule has 0 aliphatic rings. The number of sulfonamides is 1. The summed E-state index contributed by atoms with van der Waals surface area (Å²) in [4.78, 5) is 0.155. The number of nitrogens with zero attached hydrogens (tertiary/aromatic N) is 1. The van der Waals surface area contributed by atoms with Crippen LogP contribution in [0.1, 0.15) is 5.56 Å². The van der Waals surface area contributed by atoms with Gasteiger partial charge in [-0.2, -0.15) is 0 Å². The lowest BCUT2D eigenvalue weighted by molar-refractivity contribution is 0.597. The Kier molecular flexibility index (Phi) is 3.31. The third-order valence-corrected chi connectivity index (χ3v) is 3.51. The second-order valence-corrected chi connectivity index (χ2v) is 5.42. The average Bonchev–Trinajstić information content (AvgIpc) is 2.78. The van der Waals surface area contributed by atoms with Gasteiger partial charge in [-0.05, 0) is 36.2 Å². The van der Waals surface area contributed by atoms with Crippen LogP contribution in [0.25, 0.3) is 0 Å². The predicted octanol–water partition coefficient (Wildman–Crippen LogP) is 1.38. The zero-order valence-corrected chi connectivity index (χ0v) is 10.1. The monoisotopic (exact) mass is 250 g/mol. The van der Waals surface area contributed by atoms with Crippen molar-refractivity contribution >= 4 is 10.0 Å². The molecule has 1 aromatic carbocycles. The highest BCUT2D eigenvalue weighted by molar-refractivity contribution is 7.89. The Labute approximate surface area is 101 Å². The molecule has 2 rings (SSSR count). The van der Waals surface area contributed by atoms with Gasteiger partial charge in [0.15, 0.2) is 0 Å². The van der Waals surface area contributed by atoms with Gasteiger partial charge in [0, 0.05) is 18.9 Å². The van der Waals surface area contributed by atoms with Crippen LogP contribution in [0, 0.1) is 0 Å². The fourth-order valence-electron chi connectivity index (χ4n) is 1.62. The topological polar surface area (TPSA) is 65.1 Å². The Morgan fingerprint density at radius 2 is 1.65 bits per heavy atom. The third kappa shape index (κ3) is 3.18. The van der Waals surface area contributed by atoms with Crippen molar-refractivity contribution in [2.45, 2.75) is 17.9 Å². The summed E-state index contributed by atoms with van der Waals surface area (Å²) >= 11 is 0. The van der Waals surface area contributed by atoms with Crippen LogP contribution in [-0.2, 0) is 23.0 Å². The molecule has 4 nitrogen and oxygen atoms in total. The van der Waals surface area contributed by atoms with Gasteiger partial charge in [0.05, 0.1) is 4.90 Å². The van der Waals surface area contributed by atoms with E-state index < -0.39 is 10.0 Å². The van der Waals surface area contributed by atoms with Crippen LogP contribution in [-0.4, -0.2) is 13.0 Å². The molecular weight excluding hydrogens is 236 g/mol. The molecular formula is C12H14N2O2S. The molecule has 2 aromatic rings. The van der Waals surface area contributed by atoms with Crippen LogP contribution < -0.4 is 5.14 Å². The number of primary sulfonamides is 1. The quantitative estimate of drug-likeness (QED) is 0.890. The van der Waals surface area contributed by atoms with Crippen molar-refractivity contribution in [3.63, 3.8) is 0 Å². The first-order valence-corrected chi connectivity index (χ1v) is 6.83. The number of hydrogen-bond acceptors (Lipinski definition) is 2. The van der Waals surface area contributed by atoms with Crippen molar-refractivity contribution in [2.75, 3.05) is 0 Å². The average molecular weight is 250 g/mol. The summed E-state index contributed by atoms with van der Waals surface area (Å²) in [5, 5.41) is 5.03. The SMILES string of the molecule is NS(=O)(=O)c1ccc(CCn2cccc2)cc1. The molecule has 0 saturated carbocycles. The van der Waals surface area contributed by atoms with Crippen molar-refractivity contribution in [3.8, 4) is 0 Å². The highest BCUT2D eigenvalue weighted by Crippen LogP contribution is 2.09. The number of rotatable bonds is 4. The number of aromatic nitrogens is 1. The van der Waals surface area contributed by atoms with Gasteiger partial charge >= 0.3 is 0 Å². The standard InChI is InChI=1S/C12H14N2O2S/c13-17(15,16)12-5-3-11(4-6-12)7-10-14-8-1-2-9-14/h1-6,8-9H,7,10H2,(H2,13,15,16). The fraction of sp³-hybridized carbons (Fsp3) is 0.167. The molecule has 0 radical (unpaired) electrons. The molecule has 90 valence electrons. The first-order chi connectivity index (χ1) is 8.05. The molecule has 2 N–H and O–H groups in total. The lowest BCUT2D eigenvalue weighted by atomic mass is 10.1. The first kappa shape index (κ1) is 11.9. The molecule has 0 spiro atoms. The zero-order chi connectivity index (χ0) is 12.3. The summed E-state index contributed by atoms with van der Waals surface area (Å²) in [5.41, 5.74) is 1.09. The van der Waals surface area contributed by atoms with E-state index in [1.54, 1.807) is 24.3 Å². The Morgan fingerprint density at radius 1 is 1.06 bits per heavy atom. The maximum atomic E-state index is 11.1. The summed E-state index contributed by atoms with van der Waals surface area (Å²) in [7, 11) is -3.58. The first-order valence-electron chi connectivity index (χ1n) is 5.28. The summed E-state index contributed by atoms with van der Waals surface area (Å²) in [5.74, 6) is 0. The van der Waals surface area contributed by atoms with E-state index in [0.717, 1.165) is 18.5 Å². The fourth-order valence-corrected chi connectivity index (χ4v) is 2.14. The number of hydrogen-bond donors (Lipinski definition) is 1. The lowest BCUT2D eigenvalue weighted by Crippen LogP contribution is -2.12. The van der Waals surface area contributed by atoms with Crippen molar-refractivity contribution in [1.82, 2.24) is 4.57 Å². The molecule has 0 bridgehead atoms. The maximum Gasteiger partial charge on any atom is 0.238 e. The number of aryl methyl sites for hydroxylation is 2. The second kappa shape index (κ2) is 4.73. The zero-order valence-electron chi connectivity index (χ0n) is 9.28. The highest BCUT2D eigenvalue weighted by Gasteiger charge is 2.06. The van der Waals surface area contributed by atoms with E-state index in [9.17, 15) is 8.42 Å². The molecule has 0 unspecified atom stereocenters. The lowest BCUT2D eigenvalue weighted by Gasteiger charge is -2.04. The highest BCUT2D eigenvalue weighted by atomic mass is 32.2. The normalized spacial score (nSPS) is 11.6. The number of benzene rings is 1. The van der Waals surface area contributed by atoms with E-state index in [0.29, 0.717) is 0 Å². The molecule has 1 heterocycles. The van der Waals surface area contributed by atoms with Crippen LogP contribution in [0.15, 0.2) is 53.7 Å².